The summed E-state index contributed by atoms with van der Waals surface area (Å²) in [4.78, 5) is 4.65. The molecule has 21 heavy (non-hydrogen) atoms. The first-order chi connectivity index (χ1) is 10.3. The van der Waals surface area contributed by atoms with Crippen molar-refractivity contribution >= 4 is 59.1 Å². The van der Waals surface area contributed by atoms with Crippen molar-refractivity contribution in [3.05, 3.63) is 65.1 Å². The summed E-state index contributed by atoms with van der Waals surface area (Å²) >= 11 is 5.15. The Balaban J connectivity index is 1.79. The van der Waals surface area contributed by atoms with Gasteiger partial charge in [-0.2, -0.15) is 0 Å². The standard InChI is InChI=1S/C17H11BrN2S/c18-12-8-9-16-15(10-12)20-17(21-16)19-14-7-3-5-11-4-1-2-6-13(11)14/h1-10H,(H,19,20). The highest BCUT2D eigenvalue weighted by molar-refractivity contribution is 9.10. The van der Waals surface area contributed by atoms with Gasteiger partial charge in [-0.1, -0.05) is 63.7 Å². The highest BCUT2D eigenvalue weighted by Crippen LogP contribution is 2.32. The Morgan fingerprint density at radius 1 is 0.952 bits per heavy atom. The molecule has 2 nitrogen and oxygen atoms in total. The molecular weight excluding hydrogens is 344 g/mol. The van der Waals surface area contributed by atoms with E-state index >= 15 is 0 Å². The molecule has 0 aliphatic rings. The minimum absolute atomic E-state index is 0.916. The predicted molar refractivity (Wildman–Crippen MR) is 94.6 cm³/mol. The number of hydrogen-bond donors (Lipinski definition) is 1. The molecule has 0 aliphatic heterocycles. The fourth-order valence-electron chi connectivity index (χ4n) is 2.40. The van der Waals surface area contributed by atoms with Crippen LogP contribution >= 0.6 is 27.3 Å². The molecule has 4 rings (SSSR count). The molecule has 1 N–H and O–H groups in total. The van der Waals surface area contributed by atoms with E-state index in [0.29, 0.717) is 0 Å². The fraction of sp³-hybridized carbons (Fsp3) is 0. The lowest BCUT2D eigenvalue weighted by Crippen LogP contribution is -1.90. The molecule has 1 heterocycles. The number of halogens is 1. The van der Waals surface area contributed by atoms with Crippen molar-refractivity contribution in [2.75, 3.05) is 5.32 Å². The third kappa shape index (κ3) is 2.41. The molecule has 0 radical (unpaired) electrons. The summed E-state index contributed by atoms with van der Waals surface area (Å²) in [7, 11) is 0. The lowest BCUT2D eigenvalue weighted by atomic mass is 10.1. The molecule has 0 atom stereocenters. The van der Waals surface area contributed by atoms with Crippen LogP contribution in [0.25, 0.3) is 21.0 Å². The Hall–Kier alpha value is -1.91. The van der Waals surface area contributed by atoms with Gasteiger partial charge in [-0.3, -0.25) is 0 Å². The number of nitrogens with one attached hydrogen (secondary N) is 1. The summed E-state index contributed by atoms with van der Waals surface area (Å²) in [5.41, 5.74) is 2.10. The van der Waals surface area contributed by atoms with Gasteiger partial charge >= 0.3 is 0 Å². The molecule has 0 saturated carbocycles. The van der Waals surface area contributed by atoms with Crippen molar-refractivity contribution in [1.29, 1.82) is 0 Å². The molecule has 4 heteroatoms. The first-order valence-corrected chi connectivity index (χ1v) is 8.21. The van der Waals surface area contributed by atoms with Crippen LogP contribution in [0.15, 0.2) is 65.1 Å². The zero-order valence-corrected chi connectivity index (χ0v) is 13.4. The van der Waals surface area contributed by atoms with Gasteiger partial charge in [0.05, 0.1) is 10.2 Å². The van der Waals surface area contributed by atoms with E-state index in [9.17, 15) is 0 Å². The lowest BCUT2D eigenvalue weighted by molar-refractivity contribution is 1.45. The number of fused-ring (bicyclic) bond motifs is 2. The Bertz CT molecular complexity index is 940. The van der Waals surface area contributed by atoms with Crippen molar-refractivity contribution in [2.45, 2.75) is 0 Å². The van der Waals surface area contributed by atoms with Crippen molar-refractivity contribution in [3.63, 3.8) is 0 Å². The number of aromatic nitrogens is 1. The normalized spacial score (nSPS) is 11.1. The van der Waals surface area contributed by atoms with E-state index in [1.54, 1.807) is 11.3 Å². The van der Waals surface area contributed by atoms with Gasteiger partial charge in [-0.25, -0.2) is 4.98 Å². The number of hydrogen-bond acceptors (Lipinski definition) is 3. The van der Waals surface area contributed by atoms with Gasteiger partial charge in [-0.15, -0.1) is 0 Å². The fourth-order valence-corrected chi connectivity index (χ4v) is 3.61. The smallest absolute Gasteiger partial charge is 0.188 e. The summed E-state index contributed by atoms with van der Waals surface area (Å²) in [6, 6.07) is 20.8. The molecule has 0 aliphatic carbocycles. The number of benzene rings is 3. The highest BCUT2D eigenvalue weighted by Gasteiger charge is 2.06. The van der Waals surface area contributed by atoms with E-state index in [2.05, 4.69) is 74.8 Å². The molecular formula is C17H11BrN2S. The van der Waals surface area contributed by atoms with Crippen LogP contribution in [0.3, 0.4) is 0 Å². The van der Waals surface area contributed by atoms with Crippen LogP contribution in [0.5, 0.6) is 0 Å². The van der Waals surface area contributed by atoms with Crippen LogP contribution in [0.1, 0.15) is 0 Å². The van der Waals surface area contributed by atoms with E-state index in [0.717, 1.165) is 20.8 Å². The van der Waals surface area contributed by atoms with Gasteiger partial charge in [0.25, 0.3) is 0 Å². The summed E-state index contributed by atoms with van der Waals surface area (Å²) < 4.78 is 2.23. The average Bonchev–Trinajstić information content (AvgIpc) is 2.89. The Morgan fingerprint density at radius 3 is 2.76 bits per heavy atom. The van der Waals surface area contributed by atoms with Gasteiger partial charge in [0.1, 0.15) is 0 Å². The molecule has 102 valence electrons. The van der Waals surface area contributed by atoms with Gasteiger partial charge in [0, 0.05) is 15.5 Å². The molecule has 0 amide bonds. The second-order valence-corrected chi connectivity index (χ2v) is 6.73. The molecule has 1 aromatic heterocycles. The van der Waals surface area contributed by atoms with E-state index in [-0.39, 0.29) is 0 Å². The summed E-state index contributed by atoms with van der Waals surface area (Å²) in [6.45, 7) is 0. The number of nitrogens with zero attached hydrogens (tertiary/aromatic N) is 1. The van der Waals surface area contributed by atoms with Crippen LogP contribution in [0.2, 0.25) is 0 Å². The van der Waals surface area contributed by atoms with Crippen LogP contribution in [-0.4, -0.2) is 4.98 Å². The minimum Gasteiger partial charge on any atom is -0.331 e. The average molecular weight is 355 g/mol. The van der Waals surface area contributed by atoms with E-state index in [4.69, 9.17) is 0 Å². The molecule has 0 unspecified atom stereocenters. The molecule has 0 spiro atoms. The second-order valence-electron chi connectivity index (χ2n) is 4.78. The predicted octanol–water partition coefficient (Wildman–Crippen LogP) is 5.96. The third-order valence-corrected chi connectivity index (χ3v) is 4.83. The monoisotopic (exact) mass is 354 g/mol. The number of anilines is 2. The van der Waals surface area contributed by atoms with Crippen LogP contribution in [0, 0.1) is 0 Å². The summed E-state index contributed by atoms with van der Waals surface area (Å²) in [5.74, 6) is 0. The van der Waals surface area contributed by atoms with Crippen molar-refractivity contribution in [3.8, 4) is 0 Å². The van der Waals surface area contributed by atoms with Crippen LogP contribution < -0.4 is 5.32 Å². The number of rotatable bonds is 2. The third-order valence-electron chi connectivity index (χ3n) is 3.38. The maximum absolute atomic E-state index is 4.65. The zero-order valence-electron chi connectivity index (χ0n) is 11.0. The van der Waals surface area contributed by atoms with Crippen LogP contribution in [0.4, 0.5) is 10.8 Å². The van der Waals surface area contributed by atoms with Crippen molar-refractivity contribution in [1.82, 2.24) is 4.98 Å². The van der Waals surface area contributed by atoms with Crippen LogP contribution in [-0.2, 0) is 0 Å². The zero-order chi connectivity index (χ0) is 14.2. The van der Waals surface area contributed by atoms with Gasteiger partial charge < -0.3 is 5.32 Å². The highest BCUT2D eigenvalue weighted by atomic mass is 79.9. The maximum Gasteiger partial charge on any atom is 0.188 e. The van der Waals surface area contributed by atoms with Crippen molar-refractivity contribution < 1.29 is 0 Å². The topological polar surface area (TPSA) is 24.9 Å². The molecule has 3 aromatic carbocycles. The molecule has 0 saturated heterocycles. The van der Waals surface area contributed by atoms with Gasteiger partial charge in [0.15, 0.2) is 5.13 Å². The van der Waals surface area contributed by atoms with Crippen molar-refractivity contribution in [2.24, 2.45) is 0 Å². The Kier molecular flexibility index (Phi) is 3.13. The largest absolute Gasteiger partial charge is 0.331 e. The summed E-state index contributed by atoms with van der Waals surface area (Å²) in [6.07, 6.45) is 0. The van der Waals surface area contributed by atoms with E-state index in [1.807, 2.05) is 12.1 Å². The quantitative estimate of drug-likeness (QED) is 0.480. The van der Waals surface area contributed by atoms with Gasteiger partial charge in [-0.05, 0) is 29.7 Å². The SMILES string of the molecule is Brc1ccc2sc(Nc3cccc4ccccc34)nc2c1. The Labute approximate surface area is 134 Å². The molecule has 0 fully saturated rings. The summed E-state index contributed by atoms with van der Waals surface area (Å²) in [5, 5.41) is 6.80. The van der Waals surface area contributed by atoms with Gasteiger partial charge in [0.2, 0.25) is 0 Å². The Morgan fingerprint density at radius 2 is 1.81 bits per heavy atom. The first-order valence-electron chi connectivity index (χ1n) is 6.60. The van der Waals surface area contributed by atoms with E-state index < -0.39 is 0 Å². The number of thiazole rings is 1. The molecule has 4 aromatic rings. The lowest BCUT2D eigenvalue weighted by Gasteiger charge is -2.06. The second kappa shape index (κ2) is 5.13. The maximum atomic E-state index is 4.65. The van der Waals surface area contributed by atoms with E-state index in [1.165, 1.54) is 15.5 Å². The minimum atomic E-state index is 0.916. The first kappa shape index (κ1) is 12.8. The molecule has 0 bridgehead atoms.